The van der Waals surface area contributed by atoms with E-state index in [-0.39, 0.29) is 11.2 Å². The summed E-state index contributed by atoms with van der Waals surface area (Å²) in [6, 6.07) is 4.90. The maximum absolute atomic E-state index is 11.4. The van der Waals surface area contributed by atoms with Gasteiger partial charge >= 0.3 is 5.97 Å². The Kier molecular flexibility index (Phi) is 3.58. The summed E-state index contributed by atoms with van der Waals surface area (Å²) in [4.78, 5) is 11.4. The topological polar surface area (TPSA) is 46.5 Å². The summed E-state index contributed by atoms with van der Waals surface area (Å²) in [6.45, 7) is 8.10. The number of ether oxygens (including phenoxy) is 1. The molecule has 0 aliphatic rings. The van der Waals surface area contributed by atoms with Crippen molar-refractivity contribution in [3.05, 3.63) is 29.3 Å². The van der Waals surface area contributed by atoms with Crippen molar-refractivity contribution in [3.63, 3.8) is 0 Å². The van der Waals surface area contributed by atoms with Crippen molar-refractivity contribution in [2.45, 2.75) is 33.1 Å². The second-order valence-corrected chi connectivity index (χ2v) is 4.70. The first kappa shape index (κ1) is 12.6. The lowest BCUT2D eigenvalue weighted by Gasteiger charge is -2.20. The fraction of sp³-hybridized carbons (Fsp3) is 0.462. The second-order valence-electron chi connectivity index (χ2n) is 4.70. The van der Waals surface area contributed by atoms with Gasteiger partial charge in [-0.3, -0.25) is 0 Å². The molecule has 3 heteroatoms. The van der Waals surface area contributed by atoms with Crippen LogP contribution in [0.25, 0.3) is 0 Å². The second kappa shape index (κ2) is 4.56. The normalized spacial score (nSPS) is 11.2. The molecule has 0 saturated heterocycles. The first-order valence-electron chi connectivity index (χ1n) is 5.37. The van der Waals surface area contributed by atoms with E-state index < -0.39 is 5.97 Å². The average molecular weight is 222 g/mol. The number of carbonyl (C=O) groups is 1. The average Bonchev–Trinajstić information content (AvgIpc) is 2.16. The van der Waals surface area contributed by atoms with Crippen molar-refractivity contribution >= 4 is 5.97 Å². The van der Waals surface area contributed by atoms with Crippen molar-refractivity contribution in [1.29, 1.82) is 0 Å². The molecule has 0 radical (unpaired) electrons. The number of benzene rings is 1. The summed E-state index contributed by atoms with van der Waals surface area (Å²) in [5.41, 5.74) is 1.06. The number of esters is 1. The molecule has 0 spiro atoms. The predicted octanol–water partition coefficient (Wildman–Crippen LogP) is 2.87. The highest BCUT2D eigenvalue weighted by Crippen LogP contribution is 2.31. The van der Waals surface area contributed by atoms with E-state index >= 15 is 0 Å². The van der Waals surface area contributed by atoms with E-state index in [0.717, 1.165) is 5.56 Å². The van der Waals surface area contributed by atoms with Crippen molar-refractivity contribution in [1.82, 2.24) is 0 Å². The number of hydrogen-bond acceptors (Lipinski definition) is 3. The van der Waals surface area contributed by atoms with Gasteiger partial charge in [-0.05, 0) is 30.0 Å². The molecule has 16 heavy (non-hydrogen) atoms. The zero-order valence-electron chi connectivity index (χ0n) is 10.2. The van der Waals surface area contributed by atoms with Gasteiger partial charge in [-0.25, -0.2) is 4.79 Å². The first-order chi connectivity index (χ1) is 7.36. The number of phenolic OH excluding ortho intramolecular Hbond substituents is 1. The molecule has 0 bridgehead atoms. The summed E-state index contributed by atoms with van der Waals surface area (Å²) < 4.78 is 4.86. The monoisotopic (exact) mass is 222 g/mol. The van der Waals surface area contributed by atoms with E-state index in [1.54, 1.807) is 19.1 Å². The standard InChI is InChI=1S/C13H18O3/c1-5-16-12(15)9-6-7-10(11(14)8-9)13(2,3)4/h6-8,14H,5H2,1-4H3. The molecule has 0 amide bonds. The number of aromatic hydroxyl groups is 1. The van der Waals surface area contributed by atoms with Crippen LogP contribution in [0.1, 0.15) is 43.6 Å². The first-order valence-corrected chi connectivity index (χ1v) is 5.37. The molecule has 0 aromatic heterocycles. The van der Waals surface area contributed by atoms with Gasteiger partial charge in [0.1, 0.15) is 5.75 Å². The Morgan fingerprint density at radius 3 is 2.44 bits per heavy atom. The van der Waals surface area contributed by atoms with Crippen LogP contribution in [-0.2, 0) is 10.2 Å². The Morgan fingerprint density at radius 2 is 2.00 bits per heavy atom. The molecule has 1 aromatic rings. The Bertz CT molecular complexity index is 389. The van der Waals surface area contributed by atoms with E-state index in [2.05, 4.69) is 0 Å². The molecule has 0 saturated carbocycles. The molecule has 88 valence electrons. The van der Waals surface area contributed by atoms with Crippen LogP contribution in [0.5, 0.6) is 5.75 Å². The van der Waals surface area contributed by atoms with Crippen LogP contribution in [0.4, 0.5) is 0 Å². The van der Waals surface area contributed by atoms with E-state index in [0.29, 0.717) is 12.2 Å². The molecule has 1 aromatic carbocycles. The van der Waals surface area contributed by atoms with Crippen molar-refractivity contribution in [2.24, 2.45) is 0 Å². The van der Waals surface area contributed by atoms with Crippen LogP contribution in [0, 0.1) is 0 Å². The van der Waals surface area contributed by atoms with Gasteiger partial charge in [-0.1, -0.05) is 26.8 Å². The van der Waals surface area contributed by atoms with E-state index in [1.165, 1.54) is 6.07 Å². The number of phenols is 1. The molecular formula is C13H18O3. The molecule has 0 unspecified atom stereocenters. The van der Waals surface area contributed by atoms with Gasteiger partial charge in [0.2, 0.25) is 0 Å². The number of carbonyl (C=O) groups excluding carboxylic acids is 1. The Balaban J connectivity index is 3.05. The third kappa shape index (κ3) is 2.75. The summed E-state index contributed by atoms with van der Waals surface area (Å²) in [5.74, 6) is -0.267. The Morgan fingerprint density at radius 1 is 1.38 bits per heavy atom. The van der Waals surface area contributed by atoms with Crippen molar-refractivity contribution < 1.29 is 14.6 Å². The molecule has 0 aliphatic carbocycles. The van der Waals surface area contributed by atoms with Gasteiger partial charge < -0.3 is 9.84 Å². The minimum absolute atomic E-state index is 0.137. The van der Waals surface area contributed by atoms with Crippen molar-refractivity contribution in [3.8, 4) is 5.75 Å². The van der Waals surface area contributed by atoms with Crippen LogP contribution in [0.15, 0.2) is 18.2 Å². The molecule has 0 heterocycles. The number of hydrogen-bond donors (Lipinski definition) is 1. The van der Waals surface area contributed by atoms with Gasteiger partial charge in [0, 0.05) is 0 Å². The summed E-state index contributed by atoms with van der Waals surface area (Å²) in [7, 11) is 0. The zero-order valence-corrected chi connectivity index (χ0v) is 10.2. The minimum Gasteiger partial charge on any atom is -0.508 e. The minimum atomic E-state index is -0.404. The van der Waals surface area contributed by atoms with E-state index in [1.807, 2.05) is 20.8 Å². The van der Waals surface area contributed by atoms with Crippen molar-refractivity contribution in [2.75, 3.05) is 6.61 Å². The maximum Gasteiger partial charge on any atom is 0.338 e. The Hall–Kier alpha value is -1.51. The highest BCUT2D eigenvalue weighted by Gasteiger charge is 2.19. The van der Waals surface area contributed by atoms with Gasteiger partial charge in [0.15, 0.2) is 0 Å². The third-order valence-electron chi connectivity index (χ3n) is 2.32. The zero-order chi connectivity index (χ0) is 12.3. The SMILES string of the molecule is CCOC(=O)c1ccc(C(C)(C)C)c(O)c1. The smallest absolute Gasteiger partial charge is 0.338 e. The lowest BCUT2D eigenvalue weighted by molar-refractivity contribution is 0.0526. The lowest BCUT2D eigenvalue weighted by atomic mass is 9.86. The highest BCUT2D eigenvalue weighted by atomic mass is 16.5. The fourth-order valence-electron chi connectivity index (χ4n) is 1.51. The highest BCUT2D eigenvalue weighted by molar-refractivity contribution is 5.90. The number of rotatable bonds is 2. The van der Waals surface area contributed by atoms with Crippen LogP contribution in [0.3, 0.4) is 0 Å². The van der Waals surface area contributed by atoms with E-state index in [4.69, 9.17) is 4.74 Å². The third-order valence-corrected chi connectivity index (χ3v) is 2.32. The summed E-state index contributed by atoms with van der Waals surface area (Å²) in [6.07, 6.45) is 0. The van der Waals surface area contributed by atoms with Gasteiger partial charge in [-0.15, -0.1) is 0 Å². The molecule has 1 rings (SSSR count). The summed E-state index contributed by atoms with van der Waals surface area (Å²) in [5, 5.41) is 9.84. The molecular weight excluding hydrogens is 204 g/mol. The van der Waals surface area contributed by atoms with Gasteiger partial charge in [-0.2, -0.15) is 0 Å². The largest absolute Gasteiger partial charge is 0.508 e. The summed E-state index contributed by atoms with van der Waals surface area (Å²) >= 11 is 0. The fourth-order valence-corrected chi connectivity index (χ4v) is 1.51. The molecule has 0 aliphatic heterocycles. The lowest BCUT2D eigenvalue weighted by Crippen LogP contribution is -2.12. The van der Waals surface area contributed by atoms with E-state index in [9.17, 15) is 9.90 Å². The maximum atomic E-state index is 11.4. The van der Waals surface area contributed by atoms with Gasteiger partial charge in [0.25, 0.3) is 0 Å². The molecule has 1 N–H and O–H groups in total. The quantitative estimate of drug-likeness (QED) is 0.783. The van der Waals surface area contributed by atoms with Crippen LogP contribution in [0.2, 0.25) is 0 Å². The van der Waals surface area contributed by atoms with Crippen LogP contribution < -0.4 is 0 Å². The molecule has 3 nitrogen and oxygen atoms in total. The predicted molar refractivity (Wildman–Crippen MR) is 62.8 cm³/mol. The Labute approximate surface area is 96.1 Å². The molecule has 0 fully saturated rings. The molecule has 0 atom stereocenters. The van der Waals surface area contributed by atoms with Crippen LogP contribution in [-0.4, -0.2) is 17.7 Å². The van der Waals surface area contributed by atoms with Gasteiger partial charge in [0.05, 0.1) is 12.2 Å². The van der Waals surface area contributed by atoms with Crippen LogP contribution >= 0.6 is 0 Å².